The van der Waals surface area contributed by atoms with Gasteiger partial charge < -0.3 is 14.8 Å². The summed E-state index contributed by atoms with van der Waals surface area (Å²) in [5, 5.41) is 2.94. The van der Waals surface area contributed by atoms with Crippen LogP contribution in [0.1, 0.15) is 21.5 Å². The largest absolute Gasteiger partial charge is 0.497 e. The Labute approximate surface area is 186 Å². The van der Waals surface area contributed by atoms with Crippen LogP contribution in [0.2, 0.25) is 0 Å². The van der Waals surface area contributed by atoms with E-state index >= 15 is 0 Å². The smallest absolute Gasteiger partial charge is 0.255 e. The molecule has 0 aliphatic heterocycles. The molecule has 0 radical (unpaired) electrons. The second-order valence-corrected chi connectivity index (χ2v) is 7.17. The zero-order valence-corrected chi connectivity index (χ0v) is 18.0. The number of pyridine rings is 1. The summed E-state index contributed by atoms with van der Waals surface area (Å²) in [6, 6.07) is 16.3. The molecule has 7 heteroatoms. The van der Waals surface area contributed by atoms with Gasteiger partial charge in [-0.15, -0.1) is 0 Å². The SMILES string of the molecule is COc1ccc(C)c(NC(=O)c2ccc(C)c(Oc3ncccc3-c3ccncn3)c2)c1. The molecule has 32 heavy (non-hydrogen) atoms. The van der Waals surface area contributed by atoms with Crippen LogP contribution in [0.15, 0.2) is 73.3 Å². The molecule has 0 spiro atoms. The molecule has 0 unspecified atom stereocenters. The van der Waals surface area contributed by atoms with Gasteiger partial charge >= 0.3 is 0 Å². The number of aryl methyl sites for hydroxylation is 2. The Balaban J connectivity index is 1.61. The lowest BCUT2D eigenvalue weighted by Gasteiger charge is -2.14. The average molecular weight is 426 g/mol. The second kappa shape index (κ2) is 9.26. The van der Waals surface area contributed by atoms with Gasteiger partial charge in [0.2, 0.25) is 5.88 Å². The fraction of sp³-hybridized carbons (Fsp3) is 0.120. The standard InChI is InChI=1S/C25H22N4O3/c1-16-7-9-19(31-3)14-22(16)29-24(30)18-8-6-17(2)23(13-18)32-25-20(5-4-11-27-25)21-10-12-26-15-28-21/h4-15H,1-3H3,(H,29,30). The number of carbonyl (C=O) groups is 1. The average Bonchev–Trinajstić information content (AvgIpc) is 2.82. The molecule has 0 bridgehead atoms. The summed E-state index contributed by atoms with van der Waals surface area (Å²) in [6.45, 7) is 3.84. The summed E-state index contributed by atoms with van der Waals surface area (Å²) < 4.78 is 11.4. The van der Waals surface area contributed by atoms with E-state index in [0.717, 1.165) is 16.7 Å². The third-order valence-corrected chi connectivity index (χ3v) is 4.98. The molecular weight excluding hydrogens is 404 g/mol. The third kappa shape index (κ3) is 4.57. The number of amides is 1. The molecule has 2 heterocycles. The number of aromatic nitrogens is 3. The van der Waals surface area contributed by atoms with E-state index in [9.17, 15) is 4.79 Å². The molecule has 160 valence electrons. The Kier molecular flexibility index (Phi) is 6.07. The summed E-state index contributed by atoms with van der Waals surface area (Å²) in [5.74, 6) is 1.36. The summed E-state index contributed by atoms with van der Waals surface area (Å²) in [5.41, 5.74) is 4.39. The van der Waals surface area contributed by atoms with E-state index in [1.54, 1.807) is 43.8 Å². The lowest BCUT2D eigenvalue weighted by Crippen LogP contribution is -2.13. The minimum atomic E-state index is -0.247. The zero-order valence-electron chi connectivity index (χ0n) is 18.0. The predicted octanol–water partition coefficient (Wildman–Crippen LogP) is 5.21. The van der Waals surface area contributed by atoms with Crippen LogP contribution in [0.4, 0.5) is 5.69 Å². The van der Waals surface area contributed by atoms with Crippen LogP contribution >= 0.6 is 0 Å². The lowest BCUT2D eigenvalue weighted by atomic mass is 10.1. The van der Waals surface area contributed by atoms with Gasteiger partial charge in [-0.3, -0.25) is 4.79 Å². The molecule has 1 N–H and O–H groups in total. The second-order valence-electron chi connectivity index (χ2n) is 7.17. The molecule has 4 rings (SSSR count). The first kappa shape index (κ1) is 21.0. The number of hydrogen-bond donors (Lipinski definition) is 1. The monoisotopic (exact) mass is 426 g/mol. The van der Waals surface area contributed by atoms with Crippen molar-refractivity contribution in [2.75, 3.05) is 12.4 Å². The number of ether oxygens (including phenoxy) is 2. The topological polar surface area (TPSA) is 86.2 Å². The van der Waals surface area contributed by atoms with Gasteiger partial charge in [-0.05, 0) is 61.4 Å². The zero-order chi connectivity index (χ0) is 22.5. The van der Waals surface area contributed by atoms with Crippen molar-refractivity contribution >= 4 is 11.6 Å². The Morgan fingerprint density at radius 1 is 0.938 bits per heavy atom. The Morgan fingerprint density at radius 2 is 1.78 bits per heavy atom. The maximum absolute atomic E-state index is 12.9. The molecular formula is C25H22N4O3. The van der Waals surface area contributed by atoms with E-state index in [2.05, 4.69) is 20.3 Å². The molecule has 0 aliphatic rings. The first-order valence-corrected chi connectivity index (χ1v) is 10.0. The van der Waals surface area contributed by atoms with Crippen molar-refractivity contribution in [3.63, 3.8) is 0 Å². The minimum absolute atomic E-state index is 0.247. The van der Waals surface area contributed by atoms with Crippen molar-refractivity contribution in [2.24, 2.45) is 0 Å². The number of hydrogen-bond acceptors (Lipinski definition) is 6. The first-order chi connectivity index (χ1) is 15.5. The van der Waals surface area contributed by atoms with Gasteiger partial charge in [0, 0.05) is 29.7 Å². The third-order valence-electron chi connectivity index (χ3n) is 4.98. The van der Waals surface area contributed by atoms with Gasteiger partial charge in [-0.2, -0.15) is 0 Å². The molecule has 0 saturated heterocycles. The van der Waals surface area contributed by atoms with Gasteiger partial charge in [0.15, 0.2) is 0 Å². The van der Waals surface area contributed by atoms with Crippen LogP contribution in [-0.2, 0) is 0 Å². The van der Waals surface area contributed by atoms with Crippen molar-refractivity contribution in [2.45, 2.75) is 13.8 Å². The van der Waals surface area contributed by atoms with Crippen molar-refractivity contribution in [1.82, 2.24) is 15.0 Å². The lowest BCUT2D eigenvalue weighted by molar-refractivity contribution is 0.102. The highest BCUT2D eigenvalue weighted by Gasteiger charge is 2.14. The highest BCUT2D eigenvalue weighted by atomic mass is 16.5. The number of rotatable bonds is 6. The number of anilines is 1. The van der Waals surface area contributed by atoms with E-state index in [-0.39, 0.29) is 5.91 Å². The van der Waals surface area contributed by atoms with Crippen LogP contribution in [0.5, 0.6) is 17.4 Å². The molecule has 0 fully saturated rings. The first-order valence-electron chi connectivity index (χ1n) is 10.0. The van der Waals surface area contributed by atoms with Gasteiger partial charge in [-0.25, -0.2) is 15.0 Å². The molecule has 0 atom stereocenters. The molecule has 0 aliphatic carbocycles. The maximum Gasteiger partial charge on any atom is 0.255 e. The van der Waals surface area contributed by atoms with E-state index in [1.165, 1.54) is 6.33 Å². The van der Waals surface area contributed by atoms with Crippen LogP contribution in [0.25, 0.3) is 11.3 Å². The minimum Gasteiger partial charge on any atom is -0.497 e. The normalized spacial score (nSPS) is 10.5. The summed E-state index contributed by atoms with van der Waals surface area (Å²) in [4.78, 5) is 25.5. The van der Waals surface area contributed by atoms with Gasteiger partial charge in [0.1, 0.15) is 17.8 Å². The molecule has 4 aromatic rings. The highest BCUT2D eigenvalue weighted by molar-refractivity contribution is 6.05. The number of carbonyl (C=O) groups excluding carboxylic acids is 1. The van der Waals surface area contributed by atoms with Crippen LogP contribution in [-0.4, -0.2) is 28.0 Å². The Hall–Kier alpha value is -4.26. The van der Waals surface area contributed by atoms with Crippen molar-refractivity contribution < 1.29 is 14.3 Å². The van der Waals surface area contributed by atoms with Crippen LogP contribution in [0, 0.1) is 13.8 Å². The summed E-state index contributed by atoms with van der Waals surface area (Å²) in [6.07, 6.45) is 4.79. The van der Waals surface area contributed by atoms with Crippen molar-refractivity contribution in [3.8, 4) is 28.6 Å². The van der Waals surface area contributed by atoms with Crippen molar-refractivity contribution in [3.05, 3.63) is 90.0 Å². The van der Waals surface area contributed by atoms with Crippen LogP contribution < -0.4 is 14.8 Å². The number of nitrogens with one attached hydrogen (secondary N) is 1. The van der Waals surface area contributed by atoms with Gasteiger partial charge in [0.05, 0.1) is 18.4 Å². The van der Waals surface area contributed by atoms with E-state index in [1.807, 2.05) is 44.2 Å². The van der Waals surface area contributed by atoms with E-state index in [0.29, 0.717) is 34.3 Å². The fourth-order valence-corrected chi connectivity index (χ4v) is 3.13. The summed E-state index contributed by atoms with van der Waals surface area (Å²) in [7, 11) is 1.59. The molecule has 0 saturated carbocycles. The Bertz CT molecular complexity index is 1260. The predicted molar refractivity (Wildman–Crippen MR) is 122 cm³/mol. The van der Waals surface area contributed by atoms with E-state index < -0.39 is 0 Å². The highest BCUT2D eigenvalue weighted by Crippen LogP contribution is 2.32. The van der Waals surface area contributed by atoms with Crippen LogP contribution in [0.3, 0.4) is 0 Å². The fourth-order valence-electron chi connectivity index (χ4n) is 3.13. The van der Waals surface area contributed by atoms with Gasteiger partial charge in [-0.1, -0.05) is 12.1 Å². The maximum atomic E-state index is 12.9. The van der Waals surface area contributed by atoms with E-state index in [4.69, 9.17) is 9.47 Å². The molecule has 2 aromatic carbocycles. The quantitative estimate of drug-likeness (QED) is 0.456. The Morgan fingerprint density at radius 3 is 2.56 bits per heavy atom. The van der Waals surface area contributed by atoms with Crippen molar-refractivity contribution in [1.29, 1.82) is 0 Å². The summed E-state index contributed by atoms with van der Waals surface area (Å²) >= 11 is 0. The molecule has 7 nitrogen and oxygen atoms in total. The molecule has 2 aromatic heterocycles. The number of methoxy groups -OCH3 is 1. The van der Waals surface area contributed by atoms with Gasteiger partial charge in [0.25, 0.3) is 5.91 Å². The number of benzene rings is 2. The number of nitrogens with zero attached hydrogens (tertiary/aromatic N) is 3. The molecule has 1 amide bonds.